The van der Waals surface area contributed by atoms with E-state index in [2.05, 4.69) is 20.6 Å². The van der Waals surface area contributed by atoms with Gasteiger partial charge in [-0.2, -0.15) is 15.0 Å². The fourth-order valence-corrected chi connectivity index (χ4v) is 2.93. The number of aryl methyl sites for hydroxylation is 1. The lowest BCUT2D eigenvalue weighted by molar-refractivity contribution is -0.116. The number of hydrogen-bond donors (Lipinski definition) is 1. The van der Waals surface area contributed by atoms with Crippen molar-refractivity contribution in [2.24, 2.45) is 0 Å². The number of fused-ring (bicyclic) bond motifs is 1. The monoisotopic (exact) mass is 382 g/mol. The largest absolute Gasteiger partial charge is 0.306 e. The summed E-state index contributed by atoms with van der Waals surface area (Å²) >= 11 is 0. The second kappa shape index (κ2) is 7.18. The molecule has 0 saturated heterocycles. The number of halogens is 2. The van der Waals surface area contributed by atoms with Gasteiger partial charge in [-0.1, -0.05) is 18.2 Å². The average molecular weight is 382 g/mol. The Hall–Kier alpha value is -3.62. The maximum Gasteiger partial charge on any atom is 0.247 e. The molecule has 4 aromatic rings. The maximum atomic E-state index is 14.0. The van der Waals surface area contributed by atoms with Gasteiger partial charge in [0.2, 0.25) is 5.91 Å². The second-order valence-corrected chi connectivity index (χ2v) is 6.14. The minimum atomic E-state index is -0.898. The van der Waals surface area contributed by atoms with Crippen LogP contribution in [0.1, 0.15) is 6.92 Å². The third kappa shape index (κ3) is 3.34. The standard InChI is InChI=1S/C19H16F2N6O/c1-2-27-23-10-17(25-27)24-18(28)11-26-16-7-6-12(8-13(16)9-22-26)14-4-3-5-15(20)19(14)21/h3-10H,2,11H2,1H3,(H,24,25,28). The Labute approximate surface area is 158 Å². The van der Waals surface area contributed by atoms with Crippen LogP contribution in [0.2, 0.25) is 0 Å². The van der Waals surface area contributed by atoms with Crippen molar-refractivity contribution in [3.8, 4) is 11.1 Å². The molecule has 2 aromatic carbocycles. The minimum Gasteiger partial charge on any atom is -0.306 e. The van der Waals surface area contributed by atoms with E-state index >= 15 is 0 Å². The van der Waals surface area contributed by atoms with Crippen molar-refractivity contribution >= 4 is 22.6 Å². The van der Waals surface area contributed by atoms with Crippen LogP contribution in [0.5, 0.6) is 0 Å². The first-order valence-corrected chi connectivity index (χ1v) is 8.65. The molecule has 0 aliphatic heterocycles. The van der Waals surface area contributed by atoms with Gasteiger partial charge in [-0.15, -0.1) is 5.10 Å². The van der Waals surface area contributed by atoms with Gasteiger partial charge in [0.25, 0.3) is 0 Å². The highest BCUT2D eigenvalue weighted by Crippen LogP contribution is 2.27. The number of rotatable bonds is 5. The van der Waals surface area contributed by atoms with Crippen molar-refractivity contribution in [1.82, 2.24) is 24.8 Å². The number of carbonyl (C=O) groups excluding carboxylic acids is 1. The molecule has 0 unspecified atom stereocenters. The van der Waals surface area contributed by atoms with Crippen LogP contribution in [-0.4, -0.2) is 30.7 Å². The third-order valence-corrected chi connectivity index (χ3v) is 4.28. The van der Waals surface area contributed by atoms with E-state index in [0.29, 0.717) is 28.8 Å². The average Bonchev–Trinajstić information content (AvgIpc) is 3.30. The van der Waals surface area contributed by atoms with Crippen LogP contribution < -0.4 is 5.32 Å². The predicted molar refractivity (Wildman–Crippen MR) is 99.4 cm³/mol. The van der Waals surface area contributed by atoms with E-state index in [4.69, 9.17) is 0 Å². The van der Waals surface area contributed by atoms with Crippen LogP contribution in [-0.2, 0) is 17.9 Å². The van der Waals surface area contributed by atoms with Crippen molar-refractivity contribution in [3.05, 3.63) is 60.4 Å². The molecule has 2 aromatic heterocycles. The molecule has 2 heterocycles. The van der Waals surface area contributed by atoms with E-state index in [9.17, 15) is 13.6 Å². The number of hydrogen-bond acceptors (Lipinski definition) is 4. The van der Waals surface area contributed by atoms with E-state index in [1.807, 2.05) is 6.92 Å². The van der Waals surface area contributed by atoms with Gasteiger partial charge in [0, 0.05) is 10.9 Å². The highest BCUT2D eigenvalue weighted by Gasteiger charge is 2.13. The highest BCUT2D eigenvalue weighted by molar-refractivity contribution is 5.91. The van der Waals surface area contributed by atoms with Gasteiger partial charge < -0.3 is 5.32 Å². The van der Waals surface area contributed by atoms with Gasteiger partial charge in [-0.25, -0.2) is 8.78 Å². The molecule has 0 aliphatic rings. The molecule has 0 bridgehead atoms. The van der Waals surface area contributed by atoms with Crippen molar-refractivity contribution in [3.63, 3.8) is 0 Å². The van der Waals surface area contributed by atoms with Crippen LogP contribution in [0.3, 0.4) is 0 Å². The number of nitrogens with zero attached hydrogens (tertiary/aromatic N) is 5. The molecule has 0 spiro atoms. The SMILES string of the molecule is CCn1ncc(NC(=O)Cn2ncc3cc(-c4cccc(F)c4F)ccc32)n1. The molecule has 28 heavy (non-hydrogen) atoms. The summed E-state index contributed by atoms with van der Waals surface area (Å²) in [5.41, 5.74) is 1.41. The van der Waals surface area contributed by atoms with Gasteiger partial charge >= 0.3 is 0 Å². The van der Waals surface area contributed by atoms with Crippen molar-refractivity contribution in [2.75, 3.05) is 5.32 Å². The highest BCUT2D eigenvalue weighted by atomic mass is 19.2. The first-order chi connectivity index (χ1) is 13.5. The lowest BCUT2D eigenvalue weighted by Crippen LogP contribution is -2.19. The Morgan fingerprint density at radius 1 is 1.14 bits per heavy atom. The molecule has 1 amide bonds. The number of amides is 1. The van der Waals surface area contributed by atoms with E-state index in [1.165, 1.54) is 27.8 Å². The first kappa shape index (κ1) is 17.8. The number of benzene rings is 2. The van der Waals surface area contributed by atoms with Crippen LogP contribution in [0.4, 0.5) is 14.6 Å². The molecule has 0 aliphatic carbocycles. The Balaban J connectivity index is 1.56. The third-order valence-electron chi connectivity index (χ3n) is 4.28. The summed E-state index contributed by atoms with van der Waals surface area (Å²) in [4.78, 5) is 13.7. The summed E-state index contributed by atoms with van der Waals surface area (Å²) in [7, 11) is 0. The van der Waals surface area contributed by atoms with Crippen molar-refractivity contribution in [2.45, 2.75) is 20.0 Å². The lowest BCUT2D eigenvalue weighted by atomic mass is 10.0. The van der Waals surface area contributed by atoms with Crippen LogP contribution in [0, 0.1) is 11.6 Å². The fraction of sp³-hybridized carbons (Fsp3) is 0.158. The zero-order valence-corrected chi connectivity index (χ0v) is 14.9. The zero-order chi connectivity index (χ0) is 19.7. The molecule has 142 valence electrons. The van der Waals surface area contributed by atoms with E-state index in [-0.39, 0.29) is 18.0 Å². The van der Waals surface area contributed by atoms with Crippen LogP contribution in [0.25, 0.3) is 22.0 Å². The molecular formula is C19H16F2N6O. The summed E-state index contributed by atoms with van der Waals surface area (Å²) in [5, 5.41) is 15.7. The van der Waals surface area contributed by atoms with Gasteiger partial charge in [-0.3, -0.25) is 9.48 Å². The summed E-state index contributed by atoms with van der Waals surface area (Å²) in [6.07, 6.45) is 3.05. The number of anilines is 1. The van der Waals surface area contributed by atoms with Gasteiger partial charge in [-0.05, 0) is 30.7 Å². The summed E-state index contributed by atoms with van der Waals surface area (Å²) in [6.45, 7) is 2.48. The predicted octanol–water partition coefficient (Wildman–Crippen LogP) is 3.23. The fourth-order valence-electron chi connectivity index (χ4n) is 2.93. The Morgan fingerprint density at radius 3 is 2.79 bits per heavy atom. The smallest absolute Gasteiger partial charge is 0.247 e. The summed E-state index contributed by atoms with van der Waals surface area (Å²) in [5.74, 6) is -1.72. The second-order valence-electron chi connectivity index (χ2n) is 6.14. The van der Waals surface area contributed by atoms with Crippen LogP contribution >= 0.6 is 0 Å². The van der Waals surface area contributed by atoms with Crippen molar-refractivity contribution in [1.29, 1.82) is 0 Å². The van der Waals surface area contributed by atoms with Gasteiger partial charge in [0.05, 0.1) is 24.5 Å². The quantitative estimate of drug-likeness (QED) is 0.575. The number of carbonyl (C=O) groups is 1. The molecule has 0 radical (unpaired) electrons. The Bertz CT molecular complexity index is 1170. The van der Waals surface area contributed by atoms with Gasteiger partial charge in [0.15, 0.2) is 17.5 Å². The Morgan fingerprint density at radius 2 is 2.00 bits per heavy atom. The maximum absolute atomic E-state index is 14.0. The van der Waals surface area contributed by atoms with Gasteiger partial charge in [0.1, 0.15) is 6.54 Å². The van der Waals surface area contributed by atoms with E-state index < -0.39 is 11.6 Å². The topological polar surface area (TPSA) is 77.6 Å². The molecule has 0 atom stereocenters. The molecule has 1 N–H and O–H groups in total. The summed E-state index contributed by atoms with van der Waals surface area (Å²) in [6, 6.07) is 9.15. The normalized spacial score (nSPS) is 11.1. The van der Waals surface area contributed by atoms with E-state index in [0.717, 1.165) is 6.07 Å². The number of nitrogens with one attached hydrogen (secondary N) is 1. The molecular weight excluding hydrogens is 366 g/mol. The molecule has 9 heteroatoms. The molecule has 0 saturated carbocycles. The molecule has 4 rings (SSSR count). The minimum absolute atomic E-state index is 0.0177. The number of aromatic nitrogens is 5. The zero-order valence-electron chi connectivity index (χ0n) is 14.9. The van der Waals surface area contributed by atoms with E-state index in [1.54, 1.807) is 24.4 Å². The summed E-state index contributed by atoms with van der Waals surface area (Å²) < 4.78 is 29.0. The molecule has 7 nitrogen and oxygen atoms in total. The molecule has 0 fully saturated rings. The van der Waals surface area contributed by atoms with Crippen LogP contribution in [0.15, 0.2) is 48.8 Å². The lowest BCUT2D eigenvalue weighted by Gasteiger charge is -2.06. The van der Waals surface area contributed by atoms with Crippen molar-refractivity contribution < 1.29 is 13.6 Å². The first-order valence-electron chi connectivity index (χ1n) is 8.65. The Kier molecular flexibility index (Phi) is 4.56.